The SMILES string of the molecule is CC(=O)O[C@H]1CC[C@@]2(C)[C@@H](CC[C@H]3C4=C[C@@H]5OC([C@@H](C[C@@](C)(CO[Si](c6ccccc6)(c6ccccc6)C(C)(C)C)O[Si](C)(C)C)O[Si](C)(C)C(C)(C)C)=C[C@]5(O)[C@@]4(C)[C@H](OC(C)=O)C[C@@H]32)C1. The van der Waals surface area contributed by atoms with Gasteiger partial charge in [-0.2, -0.15) is 0 Å². The van der Waals surface area contributed by atoms with Crippen LogP contribution >= 0.6 is 0 Å². The number of rotatable bonds is 14. The van der Waals surface area contributed by atoms with E-state index in [0.29, 0.717) is 31.1 Å². The summed E-state index contributed by atoms with van der Waals surface area (Å²) in [5.41, 5.74) is -2.13. The van der Waals surface area contributed by atoms with Crippen LogP contribution in [-0.4, -0.2) is 84.2 Å². The number of carbonyl (C=O) groups excluding carboxylic acids is 2. The molecule has 1 heterocycles. The lowest BCUT2D eigenvalue weighted by atomic mass is 9.45. The van der Waals surface area contributed by atoms with Gasteiger partial charge in [0.25, 0.3) is 8.32 Å². The molecule has 0 unspecified atom stereocenters. The van der Waals surface area contributed by atoms with E-state index in [9.17, 15) is 14.7 Å². The Morgan fingerprint density at radius 3 is 1.91 bits per heavy atom. The monoisotopic (exact) mass is 973 g/mol. The highest BCUT2D eigenvalue weighted by atomic mass is 28.4. The molecule has 0 amide bonds. The number of ether oxygens (including phenoxy) is 3. The lowest BCUT2D eigenvalue weighted by molar-refractivity contribution is -0.186. The minimum Gasteiger partial charge on any atom is -0.485 e. The number of hydrogen-bond acceptors (Lipinski definition) is 9. The van der Waals surface area contributed by atoms with Gasteiger partial charge in [0.2, 0.25) is 0 Å². The molecule has 4 aliphatic carbocycles. The van der Waals surface area contributed by atoms with Crippen LogP contribution < -0.4 is 10.4 Å². The largest absolute Gasteiger partial charge is 0.485 e. The van der Waals surface area contributed by atoms with E-state index in [-0.39, 0.29) is 45.4 Å². The van der Waals surface area contributed by atoms with Crippen molar-refractivity contribution in [3.63, 3.8) is 0 Å². The third-order valence-electron chi connectivity index (χ3n) is 17.4. The van der Waals surface area contributed by atoms with E-state index in [1.807, 2.05) is 6.08 Å². The van der Waals surface area contributed by atoms with Gasteiger partial charge >= 0.3 is 11.9 Å². The summed E-state index contributed by atoms with van der Waals surface area (Å²) in [6, 6.07) is 21.5. The highest BCUT2D eigenvalue weighted by molar-refractivity contribution is 6.99. The van der Waals surface area contributed by atoms with Gasteiger partial charge in [-0.05, 0) is 141 Å². The summed E-state index contributed by atoms with van der Waals surface area (Å²) in [6.07, 6.45) is 7.93. The molecular formula is C55H84O9Si3. The average molecular weight is 974 g/mol. The minimum absolute atomic E-state index is 0.0260. The summed E-state index contributed by atoms with van der Waals surface area (Å²) >= 11 is 0. The van der Waals surface area contributed by atoms with Crippen molar-refractivity contribution in [2.75, 3.05) is 6.61 Å². The lowest BCUT2D eigenvalue weighted by Gasteiger charge is -2.61. The van der Waals surface area contributed by atoms with Crippen molar-refractivity contribution in [2.24, 2.45) is 28.6 Å². The molecule has 0 aromatic heterocycles. The molecule has 9 nitrogen and oxygen atoms in total. The van der Waals surface area contributed by atoms with Gasteiger partial charge in [0.05, 0.1) is 17.6 Å². The second-order valence-electron chi connectivity index (χ2n) is 25.3. The highest BCUT2D eigenvalue weighted by Crippen LogP contribution is 2.69. The summed E-state index contributed by atoms with van der Waals surface area (Å²) in [5.74, 6) is 0.863. The Labute approximate surface area is 406 Å². The van der Waals surface area contributed by atoms with Gasteiger partial charge < -0.3 is 32.6 Å². The number of benzene rings is 2. The second-order valence-corrected chi connectivity index (χ2v) is 38.7. The first-order chi connectivity index (χ1) is 30.9. The van der Waals surface area contributed by atoms with Crippen molar-refractivity contribution in [1.29, 1.82) is 0 Å². The minimum atomic E-state index is -2.97. The van der Waals surface area contributed by atoms with E-state index in [0.717, 1.165) is 37.7 Å². The molecule has 11 atom stereocenters. The molecule has 0 spiro atoms. The van der Waals surface area contributed by atoms with Crippen LogP contribution in [0, 0.1) is 28.6 Å². The molecule has 2 aromatic carbocycles. The molecule has 0 bridgehead atoms. The molecule has 1 aliphatic heterocycles. The number of carbonyl (C=O) groups is 2. The molecule has 370 valence electrons. The first-order valence-corrected chi connectivity index (χ1v) is 33.4. The summed E-state index contributed by atoms with van der Waals surface area (Å²) in [6.45, 7) is 34.9. The van der Waals surface area contributed by atoms with Crippen molar-refractivity contribution < 1.29 is 42.2 Å². The van der Waals surface area contributed by atoms with Crippen molar-refractivity contribution >= 4 is 47.3 Å². The summed E-state index contributed by atoms with van der Waals surface area (Å²) < 4.78 is 41.9. The van der Waals surface area contributed by atoms with Crippen LogP contribution in [0.2, 0.25) is 42.8 Å². The Hall–Kier alpha value is -2.85. The van der Waals surface area contributed by atoms with Crippen LogP contribution in [0.15, 0.2) is 84.1 Å². The Morgan fingerprint density at radius 2 is 1.39 bits per heavy atom. The molecule has 7 rings (SSSR count). The first-order valence-electron chi connectivity index (χ1n) is 25.2. The van der Waals surface area contributed by atoms with Gasteiger partial charge in [0.15, 0.2) is 22.7 Å². The van der Waals surface area contributed by atoms with Crippen LogP contribution in [0.5, 0.6) is 0 Å². The van der Waals surface area contributed by atoms with Crippen molar-refractivity contribution in [2.45, 2.75) is 200 Å². The van der Waals surface area contributed by atoms with Gasteiger partial charge in [0, 0.05) is 20.3 Å². The zero-order valence-electron chi connectivity index (χ0n) is 43.8. The fraction of sp³-hybridized carbons (Fsp3) is 0.673. The Morgan fingerprint density at radius 1 is 0.806 bits per heavy atom. The number of hydrogen-bond donors (Lipinski definition) is 1. The van der Waals surface area contributed by atoms with Crippen LogP contribution in [-0.2, 0) is 37.1 Å². The van der Waals surface area contributed by atoms with E-state index in [4.69, 9.17) is 27.5 Å². The van der Waals surface area contributed by atoms with E-state index >= 15 is 0 Å². The van der Waals surface area contributed by atoms with Crippen LogP contribution in [0.4, 0.5) is 0 Å². The van der Waals surface area contributed by atoms with E-state index in [1.54, 1.807) is 0 Å². The predicted molar refractivity (Wildman–Crippen MR) is 275 cm³/mol. The van der Waals surface area contributed by atoms with Gasteiger partial charge in [-0.3, -0.25) is 9.59 Å². The Bertz CT molecular complexity index is 2150. The summed E-state index contributed by atoms with van der Waals surface area (Å²) in [4.78, 5) is 25.1. The predicted octanol–water partition coefficient (Wildman–Crippen LogP) is 11.0. The van der Waals surface area contributed by atoms with E-state index < -0.39 is 59.9 Å². The van der Waals surface area contributed by atoms with E-state index in [2.05, 4.69) is 162 Å². The smallest absolute Gasteiger partial charge is 0.302 e. The fourth-order valence-electron chi connectivity index (χ4n) is 13.2. The molecule has 2 aromatic rings. The van der Waals surface area contributed by atoms with Crippen LogP contribution in [0.25, 0.3) is 0 Å². The third kappa shape index (κ3) is 9.56. The van der Waals surface area contributed by atoms with Crippen molar-refractivity contribution in [1.82, 2.24) is 0 Å². The maximum absolute atomic E-state index is 13.5. The molecule has 3 fully saturated rings. The number of aliphatic hydroxyl groups is 1. The topological polar surface area (TPSA) is 110 Å². The molecule has 5 aliphatic rings. The van der Waals surface area contributed by atoms with Crippen molar-refractivity contribution in [3.05, 3.63) is 84.1 Å². The molecule has 3 saturated carbocycles. The summed E-state index contributed by atoms with van der Waals surface area (Å²) in [7, 11) is -7.70. The first kappa shape index (κ1) is 52.0. The molecule has 12 heteroatoms. The standard InChI is InChI=1S/C55H84O9Si3/c1-37(56)60-40-29-30-53(10)39(31-40)27-28-43-44(53)32-48(61-38(2)57)54(11)45(43)33-49-55(54,58)35-46(62-49)47(63-66(15,16)50(3,4)5)34-52(9,64-65(12,13)14)36-59-67(51(6,7)8,41-23-19-17-20-24-41)42-25-21-18-22-26-42/h17-26,33,35,39-40,43-44,47-49,58H,27-32,34,36H2,1-16H3/t39-,40-,43+,44-,47+,48+,49-,52-,53-,54+,55+/m0/s1. The fourth-order valence-corrected chi connectivity index (χ4v) is 20.8. The normalized spacial score (nSPS) is 32.3. The number of fused-ring (bicyclic) bond motifs is 7. The molecule has 0 radical (unpaired) electrons. The molecular weight excluding hydrogens is 889 g/mol. The van der Waals surface area contributed by atoms with Gasteiger partial charge in [-0.1, -0.05) is 115 Å². The van der Waals surface area contributed by atoms with Gasteiger partial charge in [-0.15, -0.1) is 0 Å². The second kappa shape index (κ2) is 18.1. The number of esters is 2. The zero-order chi connectivity index (χ0) is 49.4. The van der Waals surface area contributed by atoms with Crippen LogP contribution in [0.3, 0.4) is 0 Å². The van der Waals surface area contributed by atoms with Crippen molar-refractivity contribution in [3.8, 4) is 0 Å². The highest BCUT2D eigenvalue weighted by Gasteiger charge is 2.71. The van der Waals surface area contributed by atoms with E-state index in [1.165, 1.54) is 24.2 Å². The average Bonchev–Trinajstić information content (AvgIpc) is 3.66. The maximum Gasteiger partial charge on any atom is 0.302 e. The molecule has 1 N–H and O–H groups in total. The van der Waals surface area contributed by atoms with Gasteiger partial charge in [0.1, 0.15) is 29.7 Å². The summed E-state index contributed by atoms with van der Waals surface area (Å²) in [5, 5.41) is 15.6. The zero-order valence-corrected chi connectivity index (χ0v) is 46.8. The lowest BCUT2D eigenvalue weighted by Crippen LogP contribution is -2.68. The van der Waals surface area contributed by atoms with Gasteiger partial charge in [-0.25, -0.2) is 0 Å². The Kier molecular flexibility index (Phi) is 14.0. The van der Waals surface area contributed by atoms with Crippen LogP contribution in [0.1, 0.15) is 121 Å². The quantitative estimate of drug-likeness (QED) is 0.112. The Balaban J connectivity index is 1.28. The molecule has 67 heavy (non-hydrogen) atoms. The maximum atomic E-state index is 13.5. The third-order valence-corrected chi connectivity index (χ3v) is 27.9. The molecule has 0 saturated heterocycles.